The topological polar surface area (TPSA) is 38.0 Å². The van der Waals surface area contributed by atoms with E-state index in [1.54, 1.807) is 0 Å². The number of hydrogen-bond acceptors (Lipinski definition) is 3. The van der Waals surface area contributed by atoms with Crippen molar-refractivity contribution in [3.05, 3.63) is 21.9 Å². The molecule has 1 fully saturated rings. The maximum Gasteiger partial charge on any atom is 0.0556 e. The first-order valence-corrected chi connectivity index (χ1v) is 7.69. The molecule has 1 atom stereocenters. The average molecular weight is 252 g/mol. The van der Waals surface area contributed by atoms with Crippen molar-refractivity contribution in [2.24, 2.45) is 11.8 Å². The lowest BCUT2D eigenvalue weighted by Gasteiger charge is -2.24. The molecule has 1 aliphatic rings. The van der Waals surface area contributed by atoms with E-state index in [2.05, 4.69) is 23.8 Å². The fraction of sp³-hybridized carbons (Fsp3) is 0.714. The number of hydrazine groups is 1. The van der Waals surface area contributed by atoms with Crippen LogP contribution >= 0.6 is 11.3 Å². The fourth-order valence-corrected chi connectivity index (χ4v) is 3.93. The lowest BCUT2D eigenvalue weighted by atomic mass is 9.85. The van der Waals surface area contributed by atoms with E-state index in [-0.39, 0.29) is 0 Å². The van der Waals surface area contributed by atoms with Crippen LogP contribution in [-0.2, 0) is 0 Å². The zero-order valence-corrected chi connectivity index (χ0v) is 11.6. The lowest BCUT2D eigenvalue weighted by molar-refractivity contribution is 0.315. The van der Waals surface area contributed by atoms with Crippen LogP contribution in [0.5, 0.6) is 0 Å². The summed E-state index contributed by atoms with van der Waals surface area (Å²) in [5.74, 6) is 6.65. The molecule has 0 spiro atoms. The minimum Gasteiger partial charge on any atom is -0.271 e. The number of rotatable bonds is 5. The van der Waals surface area contributed by atoms with Gasteiger partial charge in [0.05, 0.1) is 6.04 Å². The fourth-order valence-electron chi connectivity index (χ4n) is 2.91. The highest BCUT2D eigenvalue weighted by molar-refractivity contribution is 7.10. The van der Waals surface area contributed by atoms with Crippen LogP contribution in [0, 0.1) is 12.8 Å². The van der Waals surface area contributed by atoms with Gasteiger partial charge >= 0.3 is 0 Å². The summed E-state index contributed by atoms with van der Waals surface area (Å²) in [5, 5.41) is 2.16. The van der Waals surface area contributed by atoms with Crippen molar-refractivity contribution >= 4 is 11.3 Å². The second-order valence-electron chi connectivity index (χ2n) is 5.27. The Kier molecular flexibility index (Phi) is 5.01. The van der Waals surface area contributed by atoms with E-state index in [1.165, 1.54) is 55.4 Å². The Morgan fingerprint density at radius 3 is 2.76 bits per heavy atom. The largest absolute Gasteiger partial charge is 0.271 e. The minimum atomic E-state index is 0.358. The van der Waals surface area contributed by atoms with Gasteiger partial charge in [0.25, 0.3) is 0 Å². The molecular weight excluding hydrogens is 228 g/mol. The molecule has 2 rings (SSSR count). The Morgan fingerprint density at radius 1 is 1.41 bits per heavy atom. The zero-order chi connectivity index (χ0) is 12.1. The van der Waals surface area contributed by atoms with Crippen LogP contribution in [-0.4, -0.2) is 0 Å². The highest BCUT2D eigenvalue weighted by Gasteiger charge is 2.18. The molecule has 1 saturated carbocycles. The summed E-state index contributed by atoms with van der Waals surface area (Å²) < 4.78 is 0. The van der Waals surface area contributed by atoms with Gasteiger partial charge < -0.3 is 0 Å². The highest BCUT2D eigenvalue weighted by atomic mass is 32.1. The van der Waals surface area contributed by atoms with Gasteiger partial charge in [0.2, 0.25) is 0 Å². The Balaban J connectivity index is 1.85. The van der Waals surface area contributed by atoms with Crippen molar-refractivity contribution in [1.82, 2.24) is 5.43 Å². The smallest absolute Gasteiger partial charge is 0.0556 e. The summed E-state index contributed by atoms with van der Waals surface area (Å²) in [6.45, 7) is 2.18. The van der Waals surface area contributed by atoms with Crippen LogP contribution in [0.15, 0.2) is 11.4 Å². The SMILES string of the molecule is Cc1ccsc1C(CCC1CCCCC1)NN. The molecule has 1 aromatic rings. The zero-order valence-electron chi connectivity index (χ0n) is 10.7. The molecular formula is C14H24N2S. The predicted octanol–water partition coefficient (Wildman–Crippen LogP) is 3.92. The molecule has 17 heavy (non-hydrogen) atoms. The molecule has 1 aromatic heterocycles. The van der Waals surface area contributed by atoms with Gasteiger partial charge in [-0.1, -0.05) is 32.1 Å². The third-order valence-electron chi connectivity index (χ3n) is 4.01. The summed E-state index contributed by atoms with van der Waals surface area (Å²) in [7, 11) is 0. The molecule has 0 aromatic carbocycles. The summed E-state index contributed by atoms with van der Waals surface area (Å²) in [4.78, 5) is 1.42. The second kappa shape index (κ2) is 6.53. The van der Waals surface area contributed by atoms with Crippen molar-refractivity contribution < 1.29 is 0 Å². The number of nitrogens with one attached hydrogen (secondary N) is 1. The van der Waals surface area contributed by atoms with Gasteiger partial charge in [-0.2, -0.15) is 0 Å². The molecule has 0 radical (unpaired) electrons. The normalized spacial score (nSPS) is 19.4. The quantitative estimate of drug-likeness (QED) is 0.615. The highest BCUT2D eigenvalue weighted by Crippen LogP contribution is 2.32. The van der Waals surface area contributed by atoms with Crippen molar-refractivity contribution in [3.63, 3.8) is 0 Å². The number of nitrogens with two attached hydrogens (primary N) is 1. The van der Waals surface area contributed by atoms with E-state index in [4.69, 9.17) is 5.84 Å². The van der Waals surface area contributed by atoms with Crippen LogP contribution in [0.25, 0.3) is 0 Å². The maximum absolute atomic E-state index is 5.71. The Labute approximate surface area is 109 Å². The van der Waals surface area contributed by atoms with E-state index in [9.17, 15) is 0 Å². The van der Waals surface area contributed by atoms with Crippen LogP contribution in [0.3, 0.4) is 0 Å². The number of thiophene rings is 1. The molecule has 96 valence electrons. The van der Waals surface area contributed by atoms with Crippen molar-refractivity contribution in [2.45, 2.75) is 57.9 Å². The molecule has 3 N–H and O–H groups in total. The molecule has 0 bridgehead atoms. The van der Waals surface area contributed by atoms with Crippen LogP contribution in [0.1, 0.15) is 61.4 Å². The summed E-state index contributed by atoms with van der Waals surface area (Å²) >= 11 is 1.83. The molecule has 3 heteroatoms. The predicted molar refractivity (Wildman–Crippen MR) is 74.9 cm³/mol. The van der Waals surface area contributed by atoms with Crippen molar-refractivity contribution in [1.29, 1.82) is 0 Å². The third kappa shape index (κ3) is 3.54. The van der Waals surface area contributed by atoms with E-state index >= 15 is 0 Å². The van der Waals surface area contributed by atoms with Gasteiger partial charge in [-0.05, 0) is 42.7 Å². The monoisotopic (exact) mass is 252 g/mol. The third-order valence-corrected chi connectivity index (χ3v) is 5.14. The summed E-state index contributed by atoms with van der Waals surface area (Å²) in [6, 6.07) is 2.54. The number of aryl methyl sites for hydroxylation is 1. The summed E-state index contributed by atoms with van der Waals surface area (Å²) in [6.07, 6.45) is 9.68. The minimum absolute atomic E-state index is 0.358. The van der Waals surface area contributed by atoms with Crippen molar-refractivity contribution in [2.75, 3.05) is 0 Å². The average Bonchev–Trinajstić information content (AvgIpc) is 2.78. The molecule has 1 aliphatic carbocycles. The van der Waals surface area contributed by atoms with E-state index in [1.807, 2.05) is 11.3 Å². The van der Waals surface area contributed by atoms with Crippen LogP contribution in [0.2, 0.25) is 0 Å². The van der Waals surface area contributed by atoms with Gasteiger partial charge in [0, 0.05) is 4.88 Å². The van der Waals surface area contributed by atoms with Gasteiger partial charge in [0.15, 0.2) is 0 Å². The Morgan fingerprint density at radius 2 is 2.18 bits per heavy atom. The first kappa shape index (κ1) is 13.1. The standard InChI is InChI=1S/C14H24N2S/c1-11-9-10-17-14(11)13(16-15)8-7-12-5-3-2-4-6-12/h9-10,12-13,16H,2-8,15H2,1H3. The van der Waals surface area contributed by atoms with Gasteiger partial charge in [-0.15, -0.1) is 11.3 Å². The summed E-state index contributed by atoms with van der Waals surface area (Å²) in [5.41, 5.74) is 4.37. The first-order chi connectivity index (χ1) is 8.31. The molecule has 1 unspecified atom stereocenters. The van der Waals surface area contributed by atoms with Crippen LogP contribution < -0.4 is 11.3 Å². The Bertz CT molecular complexity index is 329. The molecule has 1 heterocycles. The van der Waals surface area contributed by atoms with Crippen molar-refractivity contribution in [3.8, 4) is 0 Å². The van der Waals surface area contributed by atoms with Gasteiger partial charge in [-0.3, -0.25) is 11.3 Å². The maximum atomic E-state index is 5.71. The Hall–Kier alpha value is -0.380. The van der Waals surface area contributed by atoms with Crippen LogP contribution in [0.4, 0.5) is 0 Å². The molecule has 0 amide bonds. The van der Waals surface area contributed by atoms with Gasteiger partial charge in [-0.25, -0.2) is 0 Å². The first-order valence-electron chi connectivity index (χ1n) is 6.81. The van der Waals surface area contributed by atoms with E-state index < -0.39 is 0 Å². The molecule has 2 nitrogen and oxygen atoms in total. The van der Waals surface area contributed by atoms with Gasteiger partial charge in [0.1, 0.15) is 0 Å². The van der Waals surface area contributed by atoms with E-state index in [0.717, 1.165) is 5.92 Å². The second-order valence-corrected chi connectivity index (χ2v) is 6.22. The lowest BCUT2D eigenvalue weighted by Crippen LogP contribution is -2.28. The van der Waals surface area contributed by atoms with E-state index in [0.29, 0.717) is 6.04 Å². The molecule has 0 saturated heterocycles. The number of hydrogen-bond donors (Lipinski definition) is 2. The molecule has 0 aliphatic heterocycles.